The molecule has 0 saturated carbocycles. The Morgan fingerprint density at radius 3 is 3.08 bits per heavy atom. The lowest BCUT2D eigenvalue weighted by atomic mass is 10.4. The highest BCUT2D eigenvalue weighted by atomic mass is 32.1. The number of hydrogen-bond donors (Lipinski definition) is 2. The molecule has 3 N–H and O–H groups in total. The lowest BCUT2D eigenvalue weighted by Crippen LogP contribution is -1.96. The van der Waals surface area contributed by atoms with Gasteiger partial charge in [-0.15, -0.1) is 11.3 Å². The van der Waals surface area contributed by atoms with Gasteiger partial charge in [-0.25, -0.2) is 9.78 Å². The van der Waals surface area contributed by atoms with Gasteiger partial charge in [0.05, 0.1) is 0 Å². The third-order valence-corrected chi connectivity index (χ3v) is 2.00. The largest absolute Gasteiger partial charge is 0.476 e. The van der Waals surface area contributed by atoms with Crippen molar-refractivity contribution in [2.24, 2.45) is 5.73 Å². The monoisotopic (exact) mass is 196 g/mol. The van der Waals surface area contributed by atoms with E-state index >= 15 is 0 Å². The van der Waals surface area contributed by atoms with Gasteiger partial charge in [-0.3, -0.25) is 0 Å². The molecule has 0 radical (unpaired) electrons. The summed E-state index contributed by atoms with van der Waals surface area (Å²) in [5.74, 6) is 4.49. The molecule has 0 saturated heterocycles. The van der Waals surface area contributed by atoms with Crippen molar-refractivity contribution >= 4 is 17.3 Å². The van der Waals surface area contributed by atoms with Crippen molar-refractivity contribution in [3.63, 3.8) is 0 Å². The van der Waals surface area contributed by atoms with Crippen molar-refractivity contribution in [2.75, 3.05) is 6.54 Å². The fourth-order valence-electron chi connectivity index (χ4n) is 0.655. The SMILES string of the molecule is NCCC#Cc1csc(C(=O)O)n1. The maximum atomic E-state index is 10.4. The highest BCUT2D eigenvalue weighted by molar-refractivity contribution is 7.11. The number of carbonyl (C=O) groups is 1. The fraction of sp³-hybridized carbons (Fsp3) is 0.250. The summed E-state index contributed by atoms with van der Waals surface area (Å²) in [6, 6.07) is 0. The normalized spacial score (nSPS) is 9.00. The molecule has 0 aliphatic rings. The zero-order valence-electron chi connectivity index (χ0n) is 6.78. The van der Waals surface area contributed by atoms with E-state index in [1.807, 2.05) is 0 Å². The first-order valence-corrected chi connectivity index (χ1v) is 4.49. The van der Waals surface area contributed by atoms with Gasteiger partial charge in [-0.1, -0.05) is 5.92 Å². The summed E-state index contributed by atoms with van der Waals surface area (Å²) in [6.07, 6.45) is 0.597. The Hall–Kier alpha value is -1.38. The van der Waals surface area contributed by atoms with Crippen molar-refractivity contribution in [1.82, 2.24) is 4.98 Å². The second kappa shape index (κ2) is 4.60. The minimum absolute atomic E-state index is 0.0667. The Bertz CT molecular complexity index is 362. The molecule has 0 bridgehead atoms. The number of rotatable bonds is 2. The van der Waals surface area contributed by atoms with Gasteiger partial charge in [0.15, 0.2) is 0 Å². The Balaban J connectivity index is 2.71. The summed E-state index contributed by atoms with van der Waals surface area (Å²) < 4.78 is 0. The van der Waals surface area contributed by atoms with E-state index in [4.69, 9.17) is 10.8 Å². The van der Waals surface area contributed by atoms with Crippen LogP contribution < -0.4 is 5.73 Å². The van der Waals surface area contributed by atoms with Crippen molar-refractivity contribution in [3.8, 4) is 11.8 Å². The highest BCUT2D eigenvalue weighted by Crippen LogP contribution is 2.07. The molecule has 0 unspecified atom stereocenters. The van der Waals surface area contributed by atoms with E-state index in [1.165, 1.54) is 0 Å². The number of hydrogen-bond acceptors (Lipinski definition) is 4. The molecule has 13 heavy (non-hydrogen) atoms. The quantitative estimate of drug-likeness (QED) is 0.677. The molecule has 4 nitrogen and oxygen atoms in total. The van der Waals surface area contributed by atoms with E-state index < -0.39 is 5.97 Å². The van der Waals surface area contributed by atoms with E-state index in [0.29, 0.717) is 18.7 Å². The molecule has 1 aromatic heterocycles. The highest BCUT2D eigenvalue weighted by Gasteiger charge is 2.06. The molecule has 1 heterocycles. The molecule has 68 valence electrons. The number of carboxylic acids is 1. The van der Waals surface area contributed by atoms with Crippen molar-refractivity contribution in [1.29, 1.82) is 0 Å². The minimum Gasteiger partial charge on any atom is -0.476 e. The number of thiazole rings is 1. The van der Waals surface area contributed by atoms with E-state index in [-0.39, 0.29) is 5.01 Å². The average Bonchev–Trinajstić information content (AvgIpc) is 2.53. The molecule has 1 rings (SSSR count). The number of nitrogens with zero attached hydrogens (tertiary/aromatic N) is 1. The third-order valence-electron chi connectivity index (χ3n) is 1.17. The number of aromatic carboxylic acids is 1. The van der Waals surface area contributed by atoms with E-state index in [9.17, 15) is 4.79 Å². The van der Waals surface area contributed by atoms with Crippen molar-refractivity contribution in [3.05, 3.63) is 16.1 Å². The van der Waals surface area contributed by atoms with Gasteiger partial charge in [0.2, 0.25) is 5.01 Å². The van der Waals surface area contributed by atoms with Crippen LogP contribution in [0.25, 0.3) is 0 Å². The molecule has 5 heteroatoms. The summed E-state index contributed by atoms with van der Waals surface area (Å²) >= 11 is 1.07. The smallest absolute Gasteiger partial charge is 0.365 e. The predicted molar refractivity (Wildman–Crippen MR) is 49.6 cm³/mol. The van der Waals surface area contributed by atoms with Gasteiger partial charge in [0, 0.05) is 18.3 Å². The van der Waals surface area contributed by atoms with Crippen LogP contribution in [-0.4, -0.2) is 22.6 Å². The van der Waals surface area contributed by atoms with Gasteiger partial charge < -0.3 is 10.8 Å². The summed E-state index contributed by atoms with van der Waals surface area (Å²) in [5, 5.41) is 10.2. The van der Waals surface area contributed by atoms with E-state index in [0.717, 1.165) is 11.3 Å². The number of aromatic nitrogens is 1. The van der Waals surface area contributed by atoms with Crippen molar-refractivity contribution < 1.29 is 9.90 Å². The maximum absolute atomic E-state index is 10.4. The minimum atomic E-state index is -1.02. The van der Waals surface area contributed by atoms with Gasteiger partial charge >= 0.3 is 5.97 Å². The first kappa shape index (κ1) is 9.71. The fourth-order valence-corrected chi connectivity index (χ4v) is 1.24. The Morgan fingerprint density at radius 2 is 2.54 bits per heavy atom. The van der Waals surface area contributed by atoms with Crippen molar-refractivity contribution in [2.45, 2.75) is 6.42 Å². The summed E-state index contributed by atoms with van der Waals surface area (Å²) in [5.41, 5.74) is 5.73. The van der Waals surface area contributed by atoms with Crippen LogP contribution in [0.4, 0.5) is 0 Å². The predicted octanol–water partition coefficient (Wildman–Crippen LogP) is 0.542. The first-order valence-electron chi connectivity index (χ1n) is 3.62. The maximum Gasteiger partial charge on any atom is 0.365 e. The standard InChI is InChI=1S/C8H8N2O2S/c9-4-2-1-3-6-5-13-7(10-6)8(11)12/h5H,2,4,9H2,(H,11,12). The van der Waals surface area contributed by atoms with Crippen LogP contribution in [0.1, 0.15) is 21.9 Å². The van der Waals surface area contributed by atoms with Crippen LogP contribution in [0.3, 0.4) is 0 Å². The zero-order chi connectivity index (χ0) is 9.68. The molecule has 0 amide bonds. The molecule has 0 atom stereocenters. The van der Waals surface area contributed by atoms with E-state index in [1.54, 1.807) is 5.38 Å². The molecule has 0 fully saturated rings. The van der Waals surface area contributed by atoms with Crippen LogP contribution in [0.2, 0.25) is 0 Å². The molecule has 0 aliphatic carbocycles. The van der Waals surface area contributed by atoms with Crippen LogP contribution in [0.5, 0.6) is 0 Å². The van der Waals surface area contributed by atoms with Crippen LogP contribution in [0, 0.1) is 11.8 Å². The van der Waals surface area contributed by atoms with Crippen LogP contribution in [-0.2, 0) is 0 Å². The Morgan fingerprint density at radius 1 is 1.77 bits per heavy atom. The van der Waals surface area contributed by atoms with Crippen LogP contribution in [0.15, 0.2) is 5.38 Å². The van der Waals surface area contributed by atoms with Gasteiger partial charge in [0.1, 0.15) is 5.69 Å². The van der Waals surface area contributed by atoms with Gasteiger partial charge in [-0.2, -0.15) is 0 Å². The average molecular weight is 196 g/mol. The summed E-state index contributed by atoms with van der Waals surface area (Å²) in [7, 11) is 0. The summed E-state index contributed by atoms with van der Waals surface area (Å²) in [6.45, 7) is 0.503. The topological polar surface area (TPSA) is 76.2 Å². The lowest BCUT2D eigenvalue weighted by Gasteiger charge is -1.80. The third kappa shape index (κ3) is 2.86. The molecule has 0 spiro atoms. The second-order valence-electron chi connectivity index (χ2n) is 2.18. The van der Waals surface area contributed by atoms with Gasteiger partial charge in [0.25, 0.3) is 0 Å². The van der Waals surface area contributed by atoms with Gasteiger partial charge in [-0.05, 0) is 5.92 Å². The first-order chi connectivity index (χ1) is 6.24. The molecule has 0 aromatic carbocycles. The Labute approximate surface area is 79.4 Å². The second-order valence-corrected chi connectivity index (χ2v) is 3.04. The van der Waals surface area contributed by atoms with Crippen LogP contribution >= 0.6 is 11.3 Å². The molecule has 1 aromatic rings. The number of carboxylic acid groups (broad SMARTS) is 1. The molecular formula is C8H8N2O2S. The zero-order valence-corrected chi connectivity index (χ0v) is 7.60. The lowest BCUT2D eigenvalue weighted by molar-refractivity contribution is 0.0696. The molecular weight excluding hydrogens is 188 g/mol. The Kier molecular flexibility index (Phi) is 3.43. The van der Waals surface area contributed by atoms with E-state index in [2.05, 4.69) is 16.8 Å². The number of nitrogens with two attached hydrogens (primary N) is 1. The summed E-state index contributed by atoms with van der Waals surface area (Å²) in [4.78, 5) is 14.2. The molecule has 0 aliphatic heterocycles.